The van der Waals surface area contributed by atoms with Crippen LogP contribution < -0.4 is 0 Å². The van der Waals surface area contributed by atoms with E-state index in [0.717, 1.165) is 50.1 Å². The molecule has 44 heavy (non-hydrogen) atoms. The van der Waals surface area contributed by atoms with Gasteiger partial charge in [0.05, 0.1) is 27.8 Å². The number of thiazole rings is 1. The lowest BCUT2D eigenvalue weighted by molar-refractivity contribution is 0.0288. The van der Waals surface area contributed by atoms with E-state index in [1.54, 1.807) is 17.3 Å². The van der Waals surface area contributed by atoms with E-state index in [1.807, 2.05) is 43.9 Å². The molecule has 4 aromatic rings. The molecule has 1 aromatic carbocycles. The van der Waals surface area contributed by atoms with Gasteiger partial charge in [-0.3, -0.25) is 9.48 Å². The predicted octanol–water partition coefficient (Wildman–Crippen LogP) is 6.99. The summed E-state index contributed by atoms with van der Waals surface area (Å²) in [6.07, 6.45) is 9.64. The summed E-state index contributed by atoms with van der Waals surface area (Å²) >= 11 is 1.50. The largest absolute Gasteiger partial charge is 0.444 e. The lowest BCUT2D eigenvalue weighted by Gasteiger charge is -2.24. The number of likely N-dealkylation sites (tertiary alicyclic amines) is 1. The van der Waals surface area contributed by atoms with Gasteiger partial charge in [0.15, 0.2) is 5.78 Å². The van der Waals surface area contributed by atoms with Gasteiger partial charge in [0.25, 0.3) is 0 Å². The van der Waals surface area contributed by atoms with E-state index in [-0.39, 0.29) is 23.3 Å². The lowest BCUT2D eigenvalue weighted by Crippen LogP contribution is -2.35. The lowest BCUT2D eigenvalue weighted by atomic mass is 9.98. The third-order valence-corrected chi connectivity index (χ3v) is 9.06. The molecule has 0 saturated carbocycles. The number of rotatable bonds is 8. The van der Waals surface area contributed by atoms with Gasteiger partial charge in [-0.2, -0.15) is 5.10 Å². The fraction of sp³-hybridized carbons (Fsp3) is 0.471. The maximum Gasteiger partial charge on any atom is 0.410 e. The molecule has 1 aliphatic rings. The Morgan fingerprint density at radius 1 is 1.07 bits per heavy atom. The highest BCUT2D eigenvalue weighted by molar-refractivity contribution is 7.13. The second kappa shape index (κ2) is 12.6. The third-order valence-electron chi connectivity index (χ3n) is 7.59. The van der Waals surface area contributed by atoms with Crippen molar-refractivity contribution in [3.8, 4) is 11.3 Å². The number of benzene rings is 1. The van der Waals surface area contributed by atoms with Gasteiger partial charge in [-0.1, -0.05) is 32.9 Å². The number of carbonyl (C=O) groups excluding carboxylic acids is 2. The highest BCUT2D eigenvalue weighted by atomic mass is 32.1. The molecule has 232 valence electrons. The molecule has 10 heteroatoms. The zero-order chi connectivity index (χ0) is 31.6. The maximum absolute atomic E-state index is 12.8. The van der Waals surface area contributed by atoms with Gasteiger partial charge < -0.3 is 9.64 Å². The van der Waals surface area contributed by atoms with Crippen molar-refractivity contribution in [2.75, 3.05) is 13.1 Å². The Labute approximate surface area is 263 Å². The SMILES string of the molecule is Cc1cc(-c2ccnc(Cc3cnn([C@@H]4CCN(C(=O)OC(C)(C)C)C4)c3)n2)ccc1CCC(=O)c1cnc(C(C)(C)C)s1. The van der Waals surface area contributed by atoms with Crippen LogP contribution in [0, 0.1) is 6.92 Å². The summed E-state index contributed by atoms with van der Waals surface area (Å²) < 4.78 is 7.46. The number of Topliss-reactive ketones (excluding diaryl/α,β-unsaturated/α-hetero) is 1. The van der Waals surface area contributed by atoms with Crippen molar-refractivity contribution in [3.63, 3.8) is 0 Å². The molecule has 1 saturated heterocycles. The molecule has 1 amide bonds. The van der Waals surface area contributed by atoms with Gasteiger partial charge in [0.1, 0.15) is 11.4 Å². The highest BCUT2D eigenvalue weighted by Crippen LogP contribution is 2.28. The summed E-state index contributed by atoms with van der Waals surface area (Å²) in [7, 11) is 0. The zero-order valence-electron chi connectivity index (χ0n) is 26.8. The second-order valence-electron chi connectivity index (χ2n) is 13.6. The number of amides is 1. The van der Waals surface area contributed by atoms with E-state index < -0.39 is 5.60 Å². The summed E-state index contributed by atoms with van der Waals surface area (Å²) in [4.78, 5) is 41.6. The molecular weight excluding hydrogens is 572 g/mol. The Hall–Kier alpha value is -3.92. The molecule has 0 N–H and O–H groups in total. The van der Waals surface area contributed by atoms with Crippen LogP contribution in [-0.4, -0.2) is 60.2 Å². The summed E-state index contributed by atoms with van der Waals surface area (Å²) in [6.45, 7) is 15.3. The van der Waals surface area contributed by atoms with Crippen LogP contribution in [0.2, 0.25) is 0 Å². The van der Waals surface area contributed by atoms with Crippen LogP contribution >= 0.6 is 11.3 Å². The van der Waals surface area contributed by atoms with Gasteiger partial charge in [0.2, 0.25) is 0 Å². The summed E-state index contributed by atoms with van der Waals surface area (Å²) in [5.41, 5.74) is 4.61. The fourth-order valence-electron chi connectivity index (χ4n) is 5.20. The maximum atomic E-state index is 12.8. The molecule has 3 aromatic heterocycles. The second-order valence-corrected chi connectivity index (χ2v) is 14.6. The van der Waals surface area contributed by atoms with Crippen molar-refractivity contribution < 1.29 is 14.3 Å². The van der Waals surface area contributed by atoms with Crippen LogP contribution in [0.15, 0.2) is 49.1 Å². The van der Waals surface area contributed by atoms with Crippen LogP contribution in [0.1, 0.15) is 97.6 Å². The number of aromatic nitrogens is 5. The van der Waals surface area contributed by atoms with Crippen LogP contribution in [0.3, 0.4) is 0 Å². The van der Waals surface area contributed by atoms with Crippen molar-refractivity contribution in [3.05, 3.63) is 81.5 Å². The Kier molecular flexibility index (Phi) is 9.02. The average molecular weight is 615 g/mol. The molecule has 4 heterocycles. The minimum atomic E-state index is -0.511. The number of nitrogens with zero attached hydrogens (tertiary/aromatic N) is 6. The molecule has 5 rings (SSSR count). The first-order valence-corrected chi connectivity index (χ1v) is 16.0. The minimum absolute atomic E-state index is 0.0545. The van der Waals surface area contributed by atoms with Crippen molar-refractivity contribution in [1.82, 2.24) is 29.6 Å². The quantitative estimate of drug-likeness (QED) is 0.197. The van der Waals surface area contributed by atoms with E-state index in [2.05, 4.69) is 61.0 Å². The average Bonchev–Trinajstić information content (AvgIpc) is 3.72. The molecule has 1 aliphatic heterocycles. The first-order valence-electron chi connectivity index (χ1n) is 15.2. The minimum Gasteiger partial charge on any atom is -0.444 e. The molecule has 1 atom stereocenters. The molecule has 0 aliphatic carbocycles. The Morgan fingerprint density at radius 3 is 2.57 bits per heavy atom. The van der Waals surface area contributed by atoms with E-state index in [1.165, 1.54) is 11.3 Å². The molecule has 0 radical (unpaired) electrons. The van der Waals surface area contributed by atoms with Gasteiger partial charge in [-0.25, -0.2) is 19.7 Å². The molecule has 1 fully saturated rings. The van der Waals surface area contributed by atoms with Gasteiger partial charge in [0, 0.05) is 55.5 Å². The first kappa shape index (κ1) is 31.5. The number of carbonyl (C=O) groups is 2. The summed E-state index contributed by atoms with van der Waals surface area (Å²) in [5.74, 6) is 0.855. The summed E-state index contributed by atoms with van der Waals surface area (Å²) in [5, 5.41) is 5.57. The monoisotopic (exact) mass is 614 g/mol. The van der Waals surface area contributed by atoms with Crippen molar-refractivity contribution in [1.29, 1.82) is 0 Å². The smallest absolute Gasteiger partial charge is 0.410 e. The summed E-state index contributed by atoms with van der Waals surface area (Å²) in [6, 6.07) is 8.33. The van der Waals surface area contributed by atoms with Crippen LogP contribution in [0.4, 0.5) is 4.79 Å². The Bertz CT molecular complexity index is 1640. The van der Waals surface area contributed by atoms with Crippen LogP contribution in [0.25, 0.3) is 11.3 Å². The third kappa shape index (κ3) is 7.77. The van der Waals surface area contributed by atoms with Crippen molar-refractivity contribution in [2.45, 2.75) is 91.2 Å². The predicted molar refractivity (Wildman–Crippen MR) is 172 cm³/mol. The Balaban J connectivity index is 1.19. The van der Waals surface area contributed by atoms with Crippen LogP contribution in [-0.2, 0) is 23.0 Å². The van der Waals surface area contributed by atoms with Crippen LogP contribution in [0.5, 0.6) is 0 Å². The number of ether oxygens (including phenoxy) is 1. The standard InChI is InChI=1S/C34H42N6O3S/c1-22-16-25(9-8-24(22)10-11-28(41)29-19-36-31(44-29)33(2,3)4)27-12-14-35-30(38-27)17-23-18-37-40(20-23)26-13-15-39(21-26)32(42)43-34(5,6)7/h8-9,12,14,16,18-20,26H,10-11,13,15,17,21H2,1-7H3/t26-/m1/s1. The molecule has 0 unspecified atom stereocenters. The van der Waals surface area contributed by atoms with Gasteiger partial charge >= 0.3 is 6.09 Å². The molecular formula is C34H42N6O3S. The van der Waals surface area contributed by atoms with E-state index in [9.17, 15) is 9.59 Å². The number of hydrogen-bond acceptors (Lipinski definition) is 8. The van der Waals surface area contributed by atoms with E-state index in [0.29, 0.717) is 32.4 Å². The molecule has 0 spiro atoms. The molecule has 9 nitrogen and oxygen atoms in total. The van der Waals surface area contributed by atoms with E-state index >= 15 is 0 Å². The number of ketones is 1. The van der Waals surface area contributed by atoms with Crippen molar-refractivity contribution >= 4 is 23.2 Å². The highest BCUT2D eigenvalue weighted by Gasteiger charge is 2.31. The van der Waals surface area contributed by atoms with E-state index in [4.69, 9.17) is 9.72 Å². The normalized spacial score (nSPS) is 15.5. The number of aryl methyl sites for hydroxylation is 2. The first-order chi connectivity index (χ1) is 20.7. The Morgan fingerprint density at radius 2 is 1.86 bits per heavy atom. The molecule has 0 bridgehead atoms. The zero-order valence-corrected chi connectivity index (χ0v) is 27.6. The number of hydrogen-bond donors (Lipinski definition) is 0. The topological polar surface area (TPSA) is 103 Å². The van der Waals surface area contributed by atoms with Gasteiger partial charge in [-0.15, -0.1) is 11.3 Å². The van der Waals surface area contributed by atoms with Gasteiger partial charge in [-0.05, 0) is 69.4 Å². The van der Waals surface area contributed by atoms with Crippen molar-refractivity contribution in [2.24, 2.45) is 0 Å². The fourth-order valence-corrected chi connectivity index (χ4v) is 6.14.